The summed E-state index contributed by atoms with van der Waals surface area (Å²) in [5.74, 6) is -0.0627. The summed E-state index contributed by atoms with van der Waals surface area (Å²) in [5.41, 5.74) is 2.30. The van der Waals surface area contributed by atoms with Gasteiger partial charge in [-0.3, -0.25) is 9.69 Å². The fourth-order valence-corrected chi connectivity index (χ4v) is 4.34. The Balaban J connectivity index is 1.43. The Morgan fingerprint density at radius 1 is 1.19 bits per heavy atom. The van der Waals surface area contributed by atoms with Gasteiger partial charge in [-0.25, -0.2) is 0 Å². The van der Waals surface area contributed by atoms with Gasteiger partial charge in [-0.05, 0) is 42.6 Å². The van der Waals surface area contributed by atoms with Gasteiger partial charge in [0.05, 0.1) is 26.3 Å². The van der Waals surface area contributed by atoms with Crippen molar-refractivity contribution in [3.05, 3.63) is 57.8 Å². The molecule has 6 nitrogen and oxygen atoms in total. The highest BCUT2D eigenvalue weighted by Gasteiger charge is 2.14. The number of carbonyl (C=O) groups is 1. The van der Waals surface area contributed by atoms with E-state index in [0.717, 1.165) is 57.9 Å². The van der Waals surface area contributed by atoms with E-state index in [1.54, 1.807) is 11.3 Å². The predicted molar refractivity (Wildman–Crippen MR) is 130 cm³/mol. The topological polar surface area (TPSA) is 56.8 Å². The van der Waals surface area contributed by atoms with Crippen molar-refractivity contribution in [2.24, 2.45) is 0 Å². The van der Waals surface area contributed by atoms with Gasteiger partial charge in [0, 0.05) is 37.6 Å². The molecule has 1 amide bonds. The summed E-state index contributed by atoms with van der Waals surface area (Å²) in [4.78, 5) is 18.1. The Hall–Kier alpha value is -2.00. The maximum absolute atomic E-state index is 12.3. The molecule has 0 bridgehead atoms. The third-order valence-corrected chi connectivity index (χ3v) is 6.49. The van der Waals surface area contributed by atoms with Crippen LogP contribution in [0.1, 0.15) is 22.4 Å². The number of thiophene rings is 1. The highest BCUT2D eigenvalue weighted by Crippen LogP contribution is 2.13. The zero-order valence-corrected chi connectivity index (χ0v) is 19.8. The monoisotopic (exact) mass is 460 g/mol. The van der Waals surface area contributed by atoms with E-state index in [4.69, 9.17) is 17.0 Å². The molecule has 0 radical (unpaired) electrons. The molecule has 0 aliphatic carbocycles. The zero-order valence-electron chi connectivity index (χ0n) is 18.1. The molecular formula is C23H32N4O2S2. The summed E-state index contributed by atoms with van der Waals surface area (Å²) in [6.07, 6.45) is 1.02. The van der Waals surface area contributed by atoms with Gasteiger partial charge in [-0.15, -0.1) is 11.3 Å². The molecule has 1 aromatic heterocycles. The van der Waals surface area contributed by atoms with Crippen LogP contribution >= 0.6 is 23.6 Å². The second kappa shape index (κ2) is 12.8. The van der Waals surface area contributed by atoms with E-state index in [1.807, 2.05) is 24.3 Å². The summed E-state index contributed by atoms with van der Waals surface area (Å²) >= 11 is 7.36. The molecule has 3 rings (SSSR count). The first kappa shape index (κ1) is 23.7. The fourth-order valence-electron chi connectivity index (χ4n) is 3.39. The van der Waals surface area contributed by atoms with Gasteiger partial charge in [0.25, 0.3) is 0 Å². The maximum atomic E-state index is 12.3. The lowest BCUT2D eigenvalue weighted by atomic mass is 10.1. The largest absolute Gasteiger partial charge is 0.379 e. The number of hydrogen-bond acceptors (Lipinski definition) is 5. The summed E-state index contributed by atoms with van der Waals surface area (Å²) in [6, 6.07) is 12.3. The smallest absolute Gasteiger partial charge is 0.239 e. The van der Waals surface area contributed by atoms with E-state index in [1.165, 1.54) is 10.4 Å². The molecule has 1 aromatic carbocycles. The summed E-state index contributed by atoms with van der Waals surface area (Å²) < 4.78 is 5.42. The van der Waals surface area contributed by atoms with E-state index in [2.05, 4.69) is 44.9 Å². The number of hydrogen-bond donors (Lipinski definition) is 2. The molecule has 0 spiro atoms. The van der Waals surface area contributed by atoms with Crippen molar-refractivity contribution >= 4 is 34.6 Å². The minimum absolute atomic E-state index is 0.0627. The van der Waals surface area contributed by atoms with Gasteiger partial charge in [-0.2, -0.15) is 0 Å². The highest BCUT2D eigenvalue weighted by molar-refractivity contribution is 7.80. The molecule has 2 aromatic rings. The van der Waals surface area contributed by atoms with Crippen molar-refractivity contribution in [3.8, 4) is 0 Å². The van der Waals surface area contributed by atoms with Crippen LogP contribution in [-0.4, -0.2) is 66.8 Å². The second-order valence-corrected chi connectivity index (χ2v) is 9.15. The summed E-state index contributed by atoms with van der Waals surface area (Å²) in [7, 11) is 0. The van der Waals surface area contributed by atoms with E-state index >= 15 is 0 Å². The molecule has 168 valence electrons. The Bertz CT molecular complexity index is 805. The van der Waals surface area contributed by atoms with Crippen LogP contribution in [-0.2, 0) is 22.6 Å². The van der Waals surface area contributed by atoms with Crippen molar-refractivity contribution in [1.29, 1.82) is 0 Å². The fraction of sp³-hybridized carbons (Fsp3) is 0.478. The van der Waals surface area contributed by atoms with Crippen molar-refractivity contribution in [2.75, 3.05) is 45.9 Å². The molecule has 0 saturated carbocycles. The minimum atomic E-state index is -0.0627. The number of carbonyl (C=O) groups excluding carboxylic acids is 1. The van der Waals surface area contributed by atoms with E-state index in [-0.39, 0.29) is 12.5 Å². The Labute approximate surface area is 194 Å². The zero-order chi connectivity index (χ0) is 21.9. The number of nitrogens with one attached hydrogen (secondary N) is 2. The van der Waals surface area contributed by atoms with Gasteiger partial charge in [0.1, 0.15) is 0 Å². The van der Waals surface area contributed by atoms with Crippen molar-refractivity contribution in [3.63, 3.8) is 0 Å². The lowest BCUT2D eigenvalue weighted by Gasteiger charge is -2.29. The van der Waals surface area contributed by atoms with E-state index < -0.39 is 0 Å². The summed E-state index contributed by atoms with van der Waals surface area (Å²) in [6.45, 7) is 9.02. The van der Waals surface area contributed by atoms with Gasteiger partial charge in [-0.1, -0.05) is 35.9 Å². The molecule has 0 atom stereocenters. The SMILES string of the molecule is Cc1ccc(CNC(=O)CNC(=S)N(CCCN2CCOCC2)Cc2cccs2)cc1. The first-order valence-corrected chi connectivity index (χ1v) is 12.1. The van der Waals surface area contributed by atoms with Gasteiger partial charge in [0.2, 0.25) is 5.91 Å². The van der Waals surface area contributed by atoms with Crippen LogP contribution in [0.25, 0.3) is 0 Å². The average molecular weight is 461 g/mol. The van der Waals surface area contributed by atoms with Crippen molar-refractivity contribution in [2.45, 2.75) is 26.4 Å². The molecule has 2 N–H and O–H groups in total. The maximum Gasteiger partial charge on any atom is 0.239 e. The van der Waals surface area contributed by atoms with Crippen LogP contribution in [0.15, 0.2) is 41.8 Å². The quantitative estimate of drug-likeness (QED) is 0.532. The van der Waals surface area contributed by atoms with Crippen LogP contribution < -0.4 is 10.6 Å². The standard InChI is InChI=1S/C23H32N4O2S2/c1-19-5-7-20(8-6-19)16-24-22(28)17-25-23(30)27(18-21-4-2-15-31-21)10-3-9-26-11-13-29-14-12-26/h2,4-8,15H,3,9-14,16-18H2,1H3,(H,24,28)(H,25,30). The third kappa shape index (κ3) is 8.57. The molecule has 0 unspecified atom stereocenters. The predicted octanol–water partition coefficient (Wildman–Crippen LogP) is 2.77. The molecule has 1 saturated heterocycles. The van der Waals surface area contributed by atoms with Crippen LogP contribution in [0.5, 0.6) is 0 Å². The first-order chi connectivity index (χ1) is 15.1. The number of thiocarbonyl (C=S) groups is 1. The molecular weight excluding hydrogens is 428 g/mol. The number of ether oxygens (including phenoxy) is 1. The highest BCUT2D eigenvalue weighted by atomic mass is 32.1. The summed E-state index contributed by atoms with van der Waals surface area (Å²) in [5, 5.41) is 8.80. The molecule has 2 heterocycles. The minimum Gasteiger partial charge on any atom is -0.379 e. The van der Waals surface area contributed by atoms with Crippen LogP contribution in [0, 0.1) is 6.92 Å². The molecule has 1 fully saturated rings. The Morgan fingerprint density at radius 2 is 1.97 bits per heavy atom. The van der Waals surface area contributed by atoms with Crippen LogP contribution in [0.4, 0.5) is 0 Å². The number of rotatable bonds is 10. The number of morpholine rings is 1. The number of nitrogens with zero attached hydrogens (tertiary/aromatic N) is 2. The Kier molecular flexibility index (Phi) is 9.74. The third-order valence-electron chi connectivity index (χ3n) is 5.23. The number of amides is 1. The van der Waals surface area contributed by atoms with E-state index in [9.17, 15) is 4.79 Å². The van der Waals surface area contributed by atoms with Crippen LogP contribution in [0.3, 0.4) is 0 Å². The second-order valence-electron chi connectivity index (χ2n) is 7.73. The number of aryl methyl sites for hydroxylation is 1. The lowest BCUT2D eigenvalue weighted by molar-refractivity contribution is -0.120. The first-order valence-electron chi connectivity index (χ1n) is 10.8. The van der Waals surface area contributed by atoms with Gasteiger partial charge in [0.15, 0.2) is 5.11 Å². The Morgan fingerprint density at radius 3 is 2.68 bits per heavy atom. The lowest BCUT2D eigenvalue weighted by Crippen LogP contribution is -2.45. The normalized spacial score (nSPS) is 14.2. The molecule has 31 heavy (non-hydrogen) atoms. The number of benzene rings is 1. The van der Waals surface area contributed by atoms with Gasteiger partial charge < -0.3 is 20.3 Å². The molecule has 8 heteroatoms. The molecule has 1 aliphatic heterocycles. The van der Waals surface area contributed by atoms with E-state index in [0.29, 0.717) is 11.7 Å². The van der Waals surface area contributed by atoms with Crippen molar-refractivity contribution < 1.29 is 9.53 Å². The van der Waals surface area contributed by atoms with Gasteiger partial charge >= 0.3 is 0 Å². The average Bonchev–Trinajstić information content (AvgIpc) is 3.30. The molecule has 1 aliphatic rings. The van der Waals surface area contributed by atoms with Crippen LogP contribution in [0.2, 0.25) is 0 Å². The van der Waals surface area contributed by atoms with Crippen molar-refractivity contribution in [1.82, 2.24) is 20.4 Å².